The first-order valence-corrected chi connectivity index (χ1v) is 8.69. The highest BCUT2D eigenvalue weighted by atomic mass is 19.1. The molecule has 0 spiro atoms. The van der Waals surface area contributed by atoms with Crippen molar-refractivity contribution in [2.24, 2.45) is 5.92 Å². The minimum Gasteiger partial charge on any atom is -0.338 e. The summed E-state index contributed by atoms with van der Waals surface area (Å²) in [6.45, 7) is 4.33. The van der Waals surface area contributed by atoms with Crippen LogP contribution in [-0.4, -0.2) is 34.4 Å². The minimum atomic E-state index is -0.633. The Bertz CT molecular complexity index is 938. The number of aromatic nitrogens is 1. The maximum Gasteiger partial charge on any atom is 0.255 e. The molecule has 2 heterocycles. The molecule has 1 fully saturated rings. The maximum atomic E-state index is 14.4. The number of carbonyl (C=O) groups excluding carboxylic acids is 2. The number of nitrogens with zero attached hydrogens (tertiary/aromatic N) is 2. The average molecular weight is 369 g/mol. The van der Waals surface area contributed by atoms with Gasteiger partial charge in [0, 0.05) is 31.4 Å². The Morgan fingerprint density at radius 3 is 2.78 bits per heavy atom. The van der Waals surface area contributed by atoms with E-state index in [2.05, 4.69) is 11.9 Å². The van der Waals surface area contributed by atoms with Crippen molar-refractivity contribution in [1.29, 1.82) is 0 Å². The highest BCUT2D eigenvalue weighted by molar-refractivity contribution is 5.94. The predicted octanol–water partition coefficient (Wildman–Crippen LogP) is 2.34. The van der Waals surface area contributed by atoms with Crippen molar-refractivity contribution in [2.45, 2.75) is 12.8 Å². The monoisotopic (exact) mass is 369 g/mol. The van der Waals surface area contributed by atoms with Gasteiger partial charge in [-0.05, 0) is 37.1 Å². The molecule has 1 aromatic carbocycles. The number of halogens is 1. The minimum absolute atomic E-state index is 0.0416. The molecule has 0 saturated carbocycles. The summed E-state index contributed by atoms with van der Waals surface area (Å²) in [5.74, 6) is -1.58. The summed E-state index contributed by atoms with van der Waals surface area (Å²) in [5.41, 5.74) is 0.138. The normalized spacial score (nSPS) is 16.6. The van der Waals surface area contributed by atoms with Crippen molar-refractivity contribution < 1.29 is 14.0 Å². The van der Waals surface area contributed by atoms with E-state index in [9.17, 15) is 18.8 Å². The fourth-order valence-electron chi connectivity index (χ4n) is 3.15. The molecule has 0 radical (unpaired) electrons. The van der Waals surface area contributed by atoms with Crippen molar-refractivity contribution in [3.63, 3.8) is 0 Å². The fraction of sp³-hybridized carbons (Fsp3) is 0.250. The van der Waals surface area contributed by atoms with Crippen LogP contribution in [-0.2, 0) is 9.59 Å². The molecule has 1 N–H and O–H groups in total. The van der Waals surface area contributed by atoms with E-state index in [0.29, 0.717) is 25.1 Å². The number of anilines is 1. The Hall–Kier alpha value is -3.22. The third-order valence-electron chi connectivity index (χ3n) is 4.59. The molecule has 1 aromatic heterocycles. The Morgan fingerprint density at radius 1 is 1.26 bits per heavy atom. The van der Waals surface area contributed by atoms with Crippen LogP contribution >= 0.6 is 0 Å². The molecule has 0 bridgehead atoms. The number of nitrogens with one attached hydrogen (secondary N) is 1. The lowest BCUT2D eigenvalue weighted by atomic mass is 9.97. The number of carbonyl (C=O) groups is 2. The summed E-state index contributed by atoms with van der Waals surface area (Å²) in [5, 5.41) is 2.59. The first-order valence-electron chi connectivity index (χ1n) is 8.69. The first-order chi connectivity index (χ1) is 13.0. The maximum absolute atomic E-state index is 14.4. The summed E-state index contributed by atoms with van der Waals surface area (Å²) in [6, 6.07) is 8.85. The SMILES string of the molecule is C=CC(=O)N1CCCC(C(=O)Nc2ccc(-n3ccccc3=O)cc2F)C1. The summed E-state index contributed by atoms with van der Waals surface area (Å²) in [6.07, 6.45) is 4.11. The standard InChI is InChI=1S/C20H20FN3O3/c1-2-18(25)23-10-5-6-14(13-23)20(27)22-17-9-8-15(12-16(17)21)24-11-4-3-7-19(24)26/h2-4,7-9,11-12,14H,1,5-6,10,13H2,(H,22,27). The lowest BCUT2D eigenvalue weighted by molar-refractivity contribution is -0.130. The molecule has 3 rings (SSSR count). The molecule has 1 aliphatic heterocycles. The molecule has 6 nitrogen and oxygen atoms in total. The van der Waals surface area contributed by atoms with Crippen LogP contribution < -0.4 is 10.9 Å². The Balaban J connectivity index is 1.73. The van der Waals surface area contributed by atoms with Gasteiger partial charge in [-0.25, -0.2) is 4.39 Å². The third-order valence-corrected chi connectivity index (χ3v) is 4.59. The van der Waals surface area contributed by atoms with E-state index in [0.717, 1.165) is 0 Å². The lowest BCUT2D eigenvalue weighted by Gasteiger charge is -2.31. The smallest absolute Gasteiger partial charge is 0.255 e. The zero-order chi connectivity index (χ0) is 19.4. The van der Waals surface area contributed by atoms with E-state index in [1.54, 1.807) is 29.3 Å². The number of benzene rings is 1. The van der Waals surface area contributed by atoms with Crippen molar-refractivity contribution in [3.05, 3.63) is 71.4 Å². The van der Waals surface area contributed by atoms with Gasteiger partial charge in [0.05, 0.1) is 17.3 Å². The Morgan fingerprint density at radius 2 is 2.07 bits per heavy atom. The van der Waals surface area contributed by atoms with Crippen molar-refractivity contribution in [1.82, 2.24) is 9.47 Å². The number of hydrogen-bond acceptors (Lipinski definition) is 3. The number of likely N-dealkylation sites (tertiary alicyclic amines) is 1. The quantitative estimate of drug-likeness (QED) is 0.841. The first kappa shape index (κ1) is 18.6. The van der Waals surface area contributed by atoms with Gasteiger partial charge in [0.1, 0.15) is 5.82 Å². The summed E-state index contributed by atoms with van der Waals surface area (Å²) in [4.78, 5) is 37.6. The molecule has 2 aromatic rings. The number of rotatable bonds is 4. The van der Waals surface area contributed by atoms with Crippen LogP contribution in [0.1, 0.15) is 12.8 Å². The van der Waals surface area contributed by atoms with Crippen LogP contribution in [0.3, 0.4) is 0 Å². The van der Waals surface area contributed by atoms with E-state index in [1.165, 1.54) is 28.8 Å². The molecule has 2 amide bonds. The molecule has 1 unspecified atom stereocenters. The number of pyridine rings is 1. The van der Waals surface area contributed by atoms with Gasteiger partial charge < -0.3 is 10.2 Å². The second-order valence-corrected chi connectivity index (χ2v) is 6.39. The number of amides is 2. The lowest BCUT2D eigenvalue weighted by Crippen LogP contribution is -2.43. The second-order valence-electron chi connectivity index (χ2n) is 6.39. The average Bonchev–Trinajstić information content (AvgIpc) is 2.69. The zero-order valence-electron chi connectivity index (χ0n) is 14.7. The number of hydrogen-bond donors (Lipinski definition) is 1. The summed E-state index contributed by atoms with van der Waals surface area (Å²) in [7, 11) is 0. The molecule has 1 atom stereocenters. The van der Waals surface area contributed by atoms with Gasteiger partial charge in [-0.2, -0.15) is 0 Å². The van der Waals surface area contributed by atoms with E-state index in [4.69, 9.17) is 0 Å². The largest absolute Gasteiger partial charge is 0.338 e. The molecule has 1 saturated heterocycles. The van der Waals surface area contributed by atoms with Crippen LogP contribution in [0, 0.1) is 11.7 Å². The highest BCUT2D eigenvalue weighted by Crippen LogP contribution is 2.22. The van der Waals surface area contributed by atoms with Crippen molar-refractivity contribution >= 4 is 17.5 Å². The van der Waals surface area contributed by atoms with Gasteiger partial charge in [-0.15, -0.1) is 0 Å². The second kappa shape index (κ2) is 7.99. The molecule has 140 valence electrons. The van der Waals surface area contributed by atoms with Crippen molar-refractivity contribution in [2.75, 3.05) is 18.4 Å². The molecule has 7 heteroatoms. The molecular formula is C20H20FN3O3. The van der Waals surface area contributed by atoms with E-state index >= 15 is 0 Å². The summed E-state index contributed by atoms with van der Waals surface area (Å²) < 4.78 is 15.8. The van der Waals surface area contributed by atoms with Gasteiger partial charge in [-0.1, -0.05) is 12.6 Å². The van der Waals surface area contributed by atoms with Crippen LogP contribution in [0.5, 0.6) is 0 Å². The predicted molar refractivity (Wildman–Crippen MR) is 100 cm³/mol. The Labute approximate surface area is 155 Å². The van der Waals surface area contributed by atoms with Crippen LogP contribution in [0.4, 0.5) is 10.1 Å². The van der Waals surface area contributed by atoms with Crippen LogP contribution in [0.25, 0.3) is 5.69 Å². The summed E-state index contributed by atoms with van der Waals surface area (Å²) >= 11 is 0. The van der Waals surface area contributed by atoms with Crippen LogP contribution in [0.2, 0.25) is 0 Å². The van der Waals surface area contributed by atoms with Crippen molar-refractivity contribution in [3.8, 4) is 5.69 Å². The third kappa shape index (κ3) is 4.13. The molecular weight excluding hydrogens is 349 g/mol. The molecule has 0 aliphatic carbocycles. The van der Waals surface area contributed by atoms with Crippen LogP contribution in [0.15, 0.2) is 60.0 Å². The van der Waals surface area contributed by atoms with E-state index in [1.807, 2.05) is 0 Å². The fourth-order valence-corrected chi connectivity index (χ4v) is 3.15. The van der Waals surface area contributed by atoms with Gasteiger partial charge in [0.2, 0.25) is 11.8 Å². The topological polar surface area (TPSA) is 71.4 Å². The zero-order valence-corrected chi connectivity index (χ0v) is 14.7. The van der Waals surface area contributed by atoms with Gasteiger partial charge in [-0.3, -0.25) is 19.0 Å². The molecule has 1 aliphatic rings. The van der Waals surface area contributed by atoms with Gasteiger partial charge in [0.25, 0.3) is 5.56 Å². The van der Waals surface area contributed by atoms with Gasteiger partial charge in [0.15, 0.2) is 0 Å². The van der Waals surface area contributed by atoms with E-state index in [-0.39, 0.29) is 29.6 Å². The number of piperidine rings is 1. The van der Waals surface area contributed by atoms with E-state index < -0.39 is 11.7 Å². The highest BCUT2D eigenvalue weighted by Gasteiger charge is 2.28. The van der Waals surface area contributed by atoms with Gasteiger partial charge >= 0.3 is 0 Å². The molecule has 27 heavy (non-hydrogen) atoms. The Kier molecular flexibility index (Phi) is 5.49.